The minimum atomic E-state index is -0.122. The molecule has 0 bridgehead atoms. The first-order chi connectivity index (χ1) is 9.21. The van der Waals surface area contributed by atoms with Gasteiger partial charge in [0.15, 0.2) is 0 Å². The molecule has 20 heavy (non-hydrogen) atoms. The van der Waals surface area contributed by atoms with Gasteiger partial charge in [-0.2, -0.15) is 0 Å². The van der Waals surface area contributed by atoms with E-state index < -0.39 is 0 Å². The lowest BCUT2D eigenvalue weighted by Crippen LogP contribution is -2.30. The highest BCUT2D eigenvalue weighted by atomic mass is 79.9. The van der Waals surface area contributed by atoms with E-state index >= 15 is 0 Å². The van der Waals surface area contributed by atoms with E-state index in [1.807, 2.05) is 19.2 Å². The molecule has 1 rings (SSSR count). The minimum absolute atomic E-state index is 0.122. The van der Waals surface area contributed by atoms with Crippen molar-refractivity contribution >= 4 is 15.9 Å². The largest absolute Gasteiger partial charge is 0.317 e. The molecule has 1 aromatic carbocycles. The maximum absolute atomic E-state index is 13.9. The monoisotopic (exact) mass is 343 g/mol. The van der Waals surface area contributed by atoms with Crippen molar-refractivity contribution in [2.75, 3.05) is 7.05 Å². The van der Waals surface area contributed by atoms with Crippen molar-refractivity contribution in [3.63, 3.8) is 0 Å². The molecule has 0 aliphatic rings. The Balaban J connectivity index is 2.63. The van der Waals surface area contributed by atoms with E-state index in [9.17, 15) is 4.39 Å². The van der Waals surface area contributed by atoms with Crippen LogP contribution in [-0.2, 0) is 6.42 Å². The van der Waals surface area contributed by atoms with Crippen LogP contribution in [0.3, 0.4) is 0 Å². The lowest BCUT2D eigenvalue weighted by atomic mass is 9.82. The first-order valence-corrected chi connectivity index (χ1v) is 8.12. The van der Waals surface area contributed by atoms with Crippen molar-refractivity contribution in [2.24, 2.45) is 11.3 Å². The Morgan fingerprint density at radius 1 is 1.30 bits per heavy atom. The molecule has 0 amide bonds. The summed E-state index contributed by atoms with van der Waals surface area (Å²) in [6.07, 6.45) is 3.00. The van der Waals surface area contributed by atoms with Gasteiger partial charge in [0.25, 0.3) is 0 Å². The van der Waals surface area contributed by atoms with E-state index in [0.29, 0.717) is 17.4 Å². The van der Waals surface area contributed by atoms with Crippen LogP contribution >= 0.6 is 15.9 Å². The van der Waals surface area contributed by atoms with Crippen LogP contribution < -0.4 is 5.32 Å². The van der Waals surface area contributed by atoms with Gasteiger partial charge in [-0.15, -0.1) is 0 Å². The summed E-state index contributed by atoms with van der Waals surface area (Å²) in [5.41, 5.74) is 1.14. The molecule has 2 atom stereocenters. The molecule has 0 radical (unpaired) electrons. The Hall–Kier alpha value is -0.410. The average molecular weight is 344 g/mol. The van der Waals surface area contributed by atoms with E-state index in [2.05, 4.69) is 48.9 Å². The van der Waals surface area contributed by atoms with Crippen LogP contribution in [0, 0.1) is 17.2 Å². The smallest absolute Gasteiger partial charge is 0.127 e. The second-order valence-corrected chi connectivity index (χ2v) is 7.95. The quantitative estimate of drug-likeness (QED) is 0.750. The highest BCUT2D eigenvalue weighted by Gasteiger charge is 2.19. The molecule has 114 valence electrons. The van der Waals surface area contributed by atoms with Gasteiger partial charge in [0, 0.05) is 10.5 Å². The van der Waals surface area contributed by atoms with E-state index in [1.165, 1.54) is 6.42 Å². The van der Waals surface area contributed by atoms with Crippen molar-refractivity contribution < 1.29 is 4.39 Å². The molecular weight excluding hydrogens is 317 g/mol. The molecule has 0 aliphatic carbocycles. The van der Waals surface area contributed by atoms with Gasteiger partial charge in [-0.05, 0) is 55.3 Å². The Labute approximate surface area is 131 Å². The molecule has 3 heteroatoms. The van der Waals surface area contributed by atoms with Crippen LogP contribution in [0.25, 0.3) is 0 Å². The maximum Gasteiger partial charge on any atom is 0.127 e. The highest BCUT2D eigenvalue weighted by molar-refractivity contribution is 9.10. The SMILES string of the molecule is CNC(Cc1ccc(Br)cc1F)CC(C)CC(C)(C)C. The number of hydrogen-bond donors (Lipinski definition) is 1. The van der Waals surface area contributed by atoms with Crippen molar-refractivity contribution in [2.45, 2.75) is 53.0 Å². The van der Waals surface area contributed by atoms with Crippen LogP contribution in [0.4, 0.5) is 4.39 Å². The third kappa shape index (κ3) is 6.36. The summed E-state index contributed by atoms with van der Waals surface area (Å²) < 4.78 is 14.7. The maximum atomic E-state index is 13.9. The average Bonchev–Trinajstić information content (AvgIpc) is 2.29. The Kier molecular flexibility index (Phi) is 6.67. The summed E-state index contributed by atoms with van der Waals surface area (Å²) in [7, 11) is 1.96. The minimum Gasteiger partial charge on any atom is -0.317 e. The van der Waals surface area contributed by atoms with Crippen LogP contribution in [0.5, 0.6) is 0 Å². The van der Waals surface area contributed by atoms with Crippen LogP contribution in [-0.4, -0.2) is 13.1 Å². The topological polar surface area (TPSA) is 12.0 Å². The van der Waals surface area contributed by atoms with Crippen LogP contribution in [0.2, 0.25) is 0 Å². The van der Waals surface area contributed by atoms with Gasteiger partial charge in [0.1, 0.15) is 5.82 Å². The number of nitrogens with one attached hydrogen (secondary N) is 1. The Morgan fingerprint density at radius 2 is 1.95 bits per heavy atom. The van der Waals surface area contributed by atoms with Crippen molar-refractivity contribution in [1.82, 2.24) is 5.32 Å². The molecule has 1 aromatic rings. The molecule has 0 saturated carbocycles. The summed E-state index contributed by atoms with van der Waals surface area (Å²) >= 11 is 3.30. The standard InChI is InChI=1S/C17H27BrFN/c1-12(11-17(2,3)4)8-15(20-5)9-13-6-7-14(18)10-16(13)19/h6-7,10,12,15,20H,8-9,11H2,1-5H3. The van der Waals surface area contributed by atoms with Gasteiger partial charge in [-0.25, -0.2) is 4.39 Å². The molecule has 0 fully saturated rings. The fourth-order valence-electron chi connectivity index (χ4n) is 2.87. The zero-order valence-electron chi connectivity index (χ0n) is 13.3. The molecule has 0 aliphatic heterocycles. The molecule has 0 saturated heterocycles. The van der Waals surface area contributed by atoms with Gasteiger partial charge in [-0.1, -0.05) is 49.7 Å². The summed E-state index contributed by atoms with van der Waals surface area (Å²) in [4.78, 5) is 0. The zero-order chi connectivity index (χ0) is 15.3. The molecular formula is C17H27BrFN. The van der Waals surface area contributed by atoms with Crippen LogP contribution in [0.15, 0.2) is 22.7 Å². The summed E-state index contributed by atoms with van der Waals surface area (Å²) in [5.74, 6) is 0.508. The lowest BCUT2D eigenvalue weighted by Gasteiger charge is -2.26. The number of benzene rings is 1. The van der Waals surface area contributed by atoms with E-state index in [4.69, 9.17) is 0 Å². The van der Waals surface area contributed by atoms with E-state index in [0.717, 1.165) is 22.9 Å². The van der Waals surface area contributed by atoms with Gasteiger partial charge >= 0.3 is 0 Å². The molecule has 2 unspecified atom stereocenters. The second-order valence-electron chi connectivity index (χ2n) is 7.03. The normalized spacial score (nSPS) is 15.2. The predicted molar refractivity (Wildman–Crippen MR) is 88.5 cm³/mol. The second kappa shape index (κ2) is 7.56. The fraction of sp³-hybridized carbons (Fsp3) is 0.647. The van der Waals surface area contributed by atoms with Gasteiger partial charge < -0.3 is 5.32 Å². The van der Waals surface area contributed by atoms with Gasteiger partial charge in [0.2, 0.25) is 0 Å². The Morgan fingerprint density at radius 3 is 2.45 bits per heavy atom. The van der Waals surface area contributed by atoms with Gasteiger partial charge in [-0.3, -0.25) is 0 Å². The predicted octanol–water partition coefficient (Wildman–Crippen LogP) is 5.18. The number of hydrogen-bond acceptors (Lipinski definition) is 1. The van der Waals surface area contributed by atoms with Crippen molar-refractivity contribution in [3.05, 3.63) is 34.1 Å². The van der Waals surface area contributed by atoms with Crippen LogP contribution in [0.1, 0.15) is 46.1 Å². The number of likely N-dealkylation sites (N-methyl/N-ethyl adjacent to an activating group) is 1. The van der Waals surface area contributed by atoms with E-state index in [-0.39, 0.29) is 5.82 Å². The lowest BCUT2D eigenvalue weighted by molar-refractivity contribution is 0.277. The Bertz CT molecular complexity index is 425. The molecule has 0 aromatic heterocycles. The third-order valence-electron chi connectivity index (χ3n) is 3.54. The van der Waals surface area contributed by atoms with Crippen molar-refractivity contribution in [3.8, 4) is 0 Å². The van der Waals surface area contributed by atoms with E-state index in [1.54, 1.807) is 6.07 Å². The third-order valence-corrected chi connectivity index (χ3v) is 4.03. The molecule has 1 nitrogen and oxygen atoms in total. The van der Waals surface area contributed by atoms with Gasteiger partial charge in [0.05, 0.1) is 0 Å². The molecule has 0 heterocycles. The molecule has 0 spiro atoms. The fourth-order valence-corrected chi connectivity index (χ4v) is 3.20. The number of halogens is 2. The summed E-state index contributed by atoms with van der Waals surface area (Å²) in [6.45, 7) is 9.10. The zero-order valence-corrected chi connectivity index (χ0v) is 14.8. The summed E-state index contributed by atoms with van der Waals surface area (Å²) in [6, 6.07) is 5.64. The first-order valence-electron chi connectivity index (χ1n) is 7.32. The van der Waals surface area contributed by atoms with Crippen molar-refractivity contribution in [1.29, 1.82) is 0 Å². The summed E-state index contributed by atoms with van der Waals surface area (Å²) in [5, 5.41) is 3.33. The highest BCUT2D eigenvalue weighted by Crippen LogP contribution is 2.27. The first kappa shape index (κ1) is 17.6. The molecule has 1 N–H and O–H groups in total. The number of rotatable bonds is 6.